The molecule has 5 rings (SSSR count). The Hall–Kier alpha value is -3.12. The van der Waals surface area contributed by atoms with Gasteiger partial charge in [0.05, 0.1) is 23.5 Å². The van der Waals surface area contributed by atoms with Crippen LogP contribution in [0.2, 0.25) is 0 Å². The molecule has 1 saturated heterocycles. The molecular weight excluding hydrogens is 510 g/mol. The van der Waals surface area contributed by atoms with Gasteiger partial charge in [-0.2, -0.15) is 4.31 Å². The highest BCUT2D eigenvalue weighted by Crippen LogP contribution is 2.35. The van der Waals surface area contributed by atoms with Crippen LogP contribution in [0, 0.1) is 0 Å². The molecule has 0 aliphatic carbocycles. The smallest absolute Gasteiger partial charge is 0.259 e. The van der Waals surface area contributed by atoms with E-state index in [2.05, 4.69) is 14.9 Å². The summed E-state index contributed by atoms with van der Waals surface area (Å²) in [6.07, 6.45) is 8.05. The van der Waals surface area contributed by atoms with Crippen LogP contribution in [0.1, 0.15) is 23.6 Å². The van der Waals surface area contributed by atoms with Gasteiger partial charge in [-0.05, 0) is 31.2 Å². The average Bonchev–Trinajstić information content (AvgIpc) is 3.30. The fourth-order valence-electron chi connectivity index (χ4n) is 4.54. The number of sulfonamides is 1. The maximum Gasteiger partial charge on any atom is 0.259 e. The third kappa shape index (κ3) is 5.59. The van der Waals surface area contributed by atoms with Crippen molar-refractivity contribution in [2.75, 3.05) is 32.4 Å². The van der Waals surface area contributed by atoms with Crippen LogP contribution in [0.25, 0.3) is 21.2 Å². The van der Waals surface area contributed by atoms with Crippen LogP contribution in [-0.4, -0.2) is 64.6 Å². The lowest BCUT2D eigenvalue weighted by Gasteiger charge is -2.32. The average molecular weight is 540 g/mol. The van der Waals surface area contributed by atoms with E-state index in [0.717, 1.165) is 26.4 Å². The zero-order chi connectivity index (χ0) is 26.2. The lowest BCUT2D eigenvalue weighted by Crippen LogP contribution is -2.47. The Bertz CT molecular complexity index is 1580. The van der Waals surface area contributed by atoms with Gasteiger partial charge in [0.25, 0.3) is 5.56 Å². The second-order valence-electron chi connectivity index (χ2n) is 9.28. The van der Waals surface area contributed by atoms with E-state index in [-0.39, 0.29) is 11.7 Å². The van der Waals surface area contributed by atoms with Crippen LogP contribution in [0.5, 0.6) is 5.75 Å². The van der Waals surface area contributed by atoms with Gasteiger partial charge in [0.2, 0.25) is 10.0 Å². The van der Waals surface area contributed by atoms with E-state index in [4.69, 9.17) is 4.74 Å². The van der Waals surface area contributed by atoms with E-state index >= 15 is 0 Å². The summed E-state index contributed by atoms with van der Waals surface area (Å²) in [6.45, 7) is 4.88. The second-order valence-corrected chi connectivity index (χ2v) is 12.4. The lowest BCUT2D eigenvalue weighted by molar-refractivity contribution is 0.183. The summed E-state index contributed by atoms with van der Waals surface area (Å²) < 4.78 is 33.8. The van der Waals surface area contributed by atoms with E-state index in [1.54, 1.807) is 41.5 Å². The van der Waals surface area contributed by atoms with Gasteiger partial charge in [-0.3, -0.25) is 19.7 Å². The minimum Gasteiger partial charge on any atom is -0.483 e. The van der Waals surface area contributed by atoms with Crippen molar-refractivity contribution in [1.29, 1.82) is 0 Å². The first kappa shape index (κ1) is 25.5. The number of hydrogen-bond acceptors (Lipinski definition) is 8. The number of fused-ring (bicyclic) bond motifs is 1. The number of hydrogen-bond donors (Lipinski definition) is 0. The van der Waals surface area contributed by atoms with Crippen molar-refractivity contribution in [2.45, 2.75) is 19.6 Å². The molecule has 11 heteroatoms. The van der Waals surface area contributed by atoms with Crippen molar-refractivity contribution in [2.24, 2.45) is 7.05 Å². The maximum absolute atomic E-state index is 13.0. The predicted molar refractivity (Wildman–Crippen MR) is 145 cm³/mol. The quantitative estimate of drug-likeness (QED) is 0.356. The Labute approximate surface area is 220 Å². The molecule has 37 heavy (non-hydrogen) atoms. The molecule has 9 nitrogen and oxygen atoms in total. The highest BCUT2D eigenvalue weighted by molar-refractivity contribution is 7.88. The molecule has 1 aliphatic heterocycles. The van der Waals surface area contributed by atoms with Crippen molar-refractivity contribution < 1.29 is 13.2 Å². The SMILES string of the molecule is CC(Oc1cncc(-c2cn(C)c(=O)c3cc(CN4CCN(S(C)(=O)=O)CC4)sc23)c1)c1ccccn1. The van der Waals surface area contributed by atoms with Gasteiger partial charge in [-0.25, -0.2) is 8.42 Å². The van der Waals surface area contributed by atoms with Gasteiger partial charge in [0.1, 0.15) is 11.9 Å². The van der Waals surface area contributed by atoms with Crippen LogP contribution in [0.4, 0.5) is 0 Å². The van der Waals surface area contributed by atoms with E-state index in [1.807, 2.05) is 43.5 Å². The molecule has 0 spiro atoms. The molecule has 0 amide bonds. The largest absolute Gasteiger partial charge is 0.483 e. The number of pyridine rings is 3. The fraction of sp³-hybridized carbons (Fsp3) is 0.346. The Balaban J connectivity index is 1.41. The van der Waals surface area contributed by atoms with Crippen LogP contribution >= 0.6 is 11.3 Å². The van der Waals surface area contributed by atoms with Crippen LogP contribution in [-0.2, 0) is 23.6 Å². The molecule has 5 heterocycles. The van der Waals surface area contributed by atoms with Crippen molar-refractivity contribution >= 4 is 31.4 Å². The first-order valence-electron chi connectivity index (χ1n) is 12.0. The highest BCUT2D eigenvalue weighted by Gasteiger charge is 2.24. The second kappa shape index (κ2) is 10.3. The van der Waals surface area contributed by atoms with E-state index in [0.29, 0.717) is 43.9 Å². The van der Waals surface area contributed by atoms with Crippen LogP contribution in [0.3, 0.4) is 0 Å². The molecule has 0 bridgehead atoms. The summed E-state index contributed by atoms with van der Waals surface area (Å²) in [7, 11) is -1.42. The van der Waals surface area contributed by atoms with Gasteiger partial charge in [-0.15, -0.1) is 11.3 Å². The van der Waals surface area contributed by atoms with E-state index < -0.39 is 10.0 Å². The number of aryl methyl sites for hydroxylation is 1. The standard InChI is InChI=1S/C26H29N5O4S2/c1-18(24-6-4-5-7-28-24)35-20-12-19(14-27-15-20)23-17-29(2)26(32)22-13-21(36-25(22)23)16-30-8-10-31(11-9-30)37(3,33)34/h4-7,12-15,17-18H,8-11,16H2,1-3H3. The normalized spacial score (nSPS) is 16.2. The molecular formula is C26H29N5O4S2. The van der Waals surface area contributed by atoms with Crippen LogP contribution in [0.15, 0.2) is 59.9 Å². The Morgan fingerprint density at radius 2 is 1.92 bits per heavy atom. The van der Waals surface area contributed by atoms with Gasteiger partial charge in [0.15, 0.2) is 0 Å². The minimum absolute atomic E-state index is 0.0488. The van der Waals surface area contributed by atoms with Crippen molar-refractivity contribution in [1.82, 2.24) is 23.7 Å². The number of ether oxygens (including phenoxy) is 1. The van der Waals surface area contributed by atoms with Crippen LogP contribution < -0.4 is 10.3 Å². The molecule has 1 atom stereocenters. The maximum atomic E-state index is 13.0. The van der Waals surface area contributed by atoms with Crippen molar-refractivity contribution in [3.05, 3.63) is 76.0 Å². The highest BCUT2D eigenvalue weighted by atomic mass is 32.2. The van der Waals surface area contributed by atoms with Gasteiger partial charge in [-0.1, -0.05) is 6.07 Å². The van der Waals surface area contributed by atoms with Gasteiger partial charge >= 0.3 is 0 Å². The summed E-state index contributed by atoms with van der Waals surface area (Å²) in [6, 6.07) is 9.63. The van der Waals surface area contributed by atoms with E-state index in [9.17, 15) is 13.2 Å². The van der Waals surface area contributed by atoms with Crippen molar-refractivity contribution in [3.63, 3.8) is 0 Å². The number of piperazine rings is 1. The Morgan fingerprint density at radius 3 is 2.62 bits per heavy atom. The molecule has 0 N–H and O–H groups in total. The van der Waals surface area contributed by atoms with E-state index in [1.165, 1.54) is 10.6 Å². The lowest BCUT2D eigenvalue weighted by atomic mass is 10.1. The Kier molecular flexibility index (Phi) is 7.13. The monoisotopic (exact) mass is 539 g/mol. The molecule has 1 fully saturated rings. The first-order valence-corrected chi connectivity index (χ1v) is 14.7. The number of nitrogens with zero attached hydrogens (tertiary/aromatic N) is 5. The molecule has 1 unspecified atom stereocenters. The molecule has 1 aliphatic rings. The number of rotatable bonds is 7. The third-order valence-corrected chi connectivity index (χ3v) is 8.98. The molecule has 0 saturated carbocycles. The molecule has 4 aromatic heterocycles. The zero-order valence-corrected chi connectivity index (χ0v) is 22.6. The number of aromatic nitrogens is 3. The Morgan fingerprint density at radius 1 is 1.14 bits per heavy atom. The molecule has 194 valence electrons. The minimum atomic E-state index is -3.17. The summed E-state index contributed by atoms with van der Waals surface area (Å²) in [5, 5.41) is 0.669. The summed E-state index contributed by atoms with van der Waals surface area (Å²) in [5.41, 5.74) is 2.56. The summed E-state index contributed by atoms with van der Waals surface area (Å²) >= 11 is 1.59. The topological polar surface area (TPSA) is 97.6 Å². The molecule has 0 radical (unpaired) electrons. The predicted octanol–water partition coefficient (Wildman–Crippen LogP) is 3.27. The third-order valence-electron chi connectivity index (χ3n) is 6.52. The molecule has 0 aromatic carbocycles. The van der Waals surface area contributed by atoms with Gasteiger partial charge < -0.3 is 9.30 Å². The summed E-state index contributed by atoms with van der Waals surface area (Å²) in [5.74, 6) is 0.623. The fourth-order valence-corrected chi connectivity index (χ4v) is 6.59. The van der Waals surface area contributed by atoms with Gasteiger partial charge in [0, 0.05) is 79.1 Å². The first-order chi connectivity index (χ1) is 17.7. The molecule has 4 aromatic rings. The van der Waals surface area contributed by atoms with Crippen molar-refractivity contribution in [3.8, 4) is 16.9 Å². The zero-order valence-electron chi connectivity index (χ0n) is 21.0. The number of thiophene rings is 1. The summed E-state index contributed by atoms with van der Waals surface area (Å²) in [4.78, 5) is 25.0.